The minimum atomic E-state index is -0.513. The highest BCUT2D eigenvalue weighted by molar-refractivity contribution is 5.55. The van der Waals surface area contributed by atoms with E-state index >= 15 is 0 Å². The average molecular weight is 178 g/mol. The SMILES string of the molecule is CC1(O)CN(c2ccc(N)cc2)C1. The van der Waals surface area contributed by atoms with Gasteiger partial charge in [-0.25, -0.2) is 0 Å². The van der Waals surface area contributed by atoms with Crippen molar-refractivity contribution in [2.45, 2.75) is 12.5 Å². The third kappa shape index (κ3) is 1.60. The molecular weight excluding hydrogens is 164 g/mol. The van der Waals surface area contributed by atoms with Crippen molar-refractivity contribution in [3.8, 4) is 0 Å². The predicted octanol–water partition coefficient (Wildman–Crippen LogP) is 0.840. The summed E-state index contributed by atoms with van der Waals surface area (Å²) in [4.78, 5) is 2.12. The molecule has 0 amide bonds. The molecule has 13 heavy (non-hydrogen) atoms. The van der Waals surface area contributed by atoms with E-state index in [1.165, 1.54) is 0 Å². The zero-order valence-electron chi connectivity index (χ0n) is 7.70. The average Bonchev–Trinajstić information content (AvgIpc) is 2.01. The first-order valence-corrected chi connectivity index (χ1v) is 4.40. The minimum Gasteiger partial charge on any atom is -0.399 e. The van der Waals surface area contributed by atoms with E-state index in [-0.39, 0.29) is 0 Å². The highest BCUT2D eigenvalue weighted by Gasteiger charge is 2.36. The molecule has 0 bridgehead atoms. The molecule has 1 fully saturated rings. The van der Waals surface area contributed by atoms with E-state index in [1.807, 2.05) is 31.2 Å². The maximum absolute atomic E-state index is 9.53. The van der Waals surface area contributed by atoms with E-state index in [0.717, 1.165) is 11.4 Å². The number of rotatable bonds is 1. The molecule has 0 atom stereocenters. The van der Waals surface area contributed by atoms with Crippen molar-refractivity contribution in [1.82, 2.24) is 0 Å². The van der Waals surface area contributed by atoms with Crippen LogP contribution in [0.4, 0.5) is 11.4 Å². The largest absolute Gasteiger partial charge is 0.399 e. The van der Waals surface area contributed by atoms with Crippen LogP contribution in [0.25, 0.3) is 0 Å². The second-order valence-electron chi connectivity index (χ2n) is 3.94. The van der Waals surface area contributed by atoms with Gasteiger partial charge in [0, 0.05) is 24.5 Å². The maximum atomic E-state index is 9.53. The van der Waals surface area contributed by atoms with Crippen LogP contribution in [0.1, 0.15) is 6.92 Å². The van der Waals surface area contributed by atoms with Gasteiger partial charge in [-0.1, -0.05) is 0 Å². The Morgan fingerprint density at radius 1 is 1.31 bits per heavy atom. The van der Waals surface area contributed by atoms with Crippen LogP contribution < -0.4 is 10.6 Å². The fraction of sp³-hybridized carbons (Fsp3) is 0.400. The Balaban J connectivity index is 2.08. The molecule has 0 saturated carbocycles. The van der Waals surface area contributed by atoms with Gasteiger partial charge in [0.2, 0.25) is 0 Å². The van der Waals surface area contributed by atoms with Crippen molar-refractivity contribution >= 4 is 11.4 Å². The molecular formula is C10H14N2O. The molecule has 1 heterocycles. The molecule has 1 aromatic carbocycles. The van der Waals surface area contributed by atoms with Crippen LogP contribution in [0.5, 0.6) is 0 Å². The Kier molecular flexibility index (Phi) is 1.70. The fourth-order valence-electron chi connectivity index (χ4n) is 1.64. The Hall–Kier alpha value is -1.22. The van der Waals surface area contributed by atoms with Gasteiger partial charge >= 0.3 is 0 Å². The van der Waals surface area contributed by atoms with E-state index in [2.05, 4.69) is 4.90 Å². The second-order valence-corrected chi connectivity index (χ2v) is 3.94. The number of β-amino-alcohol motifs (C(OH)–C–C–N with tert-alkyl or cyclic N) is 1. The molecule has 3 nitrogen and oxygen atoms in total. The summed E-state index contributed by atoms with van der Waals surface area (Å²) in [6.45, 7) is 3.26. The van der Waals surface area contributed by atoms with Gasteiger partial charge in [-0.15, -0.1) is 0 Å². The Morgan fingerprint density at radius 3 is 2.31 bits per heavy atom. The lowest BCUT2D eigenvalue weighted by molar-refractivity contribution is 0.0310. The molecule has 1 aliphatic heterocycles. The van der Waals surface area contributed by atoms with E-state index in [1.54, 1.807) is 0 Å². The van der Waals surface area contributed by atoms with Crippen molar-refractivity contribution in [2.24, 2.45) is 0 Å². The molecule has 2 rings (SSSR count). The monoisotopic (exact) mass is 178 g/mol. The molecule has 70 valence electrons. The summed E-state index contributed by atoms with van der Waals surface area (Å²) in [5.74, 6) is 0. The van der Waals surface area contributed by atoms with Gasteiger partial charge < -0.3 is 15.7 Å². The molecule has 0 spiro atoms. The van der Waals surface area contributed by atoms with Gasteiger partial charge in [-0.2, -0.15) is 0 Å². The lowest BCUT2D eigenvalue weighted by Crippen LogP contribution is -2.60. The number of nitrogen functional groups attached to an aromatic ring is 1. The van der Waals surface area contributed by atoms with Gasteiger partial charge in [0.15, 0.2) is 0 Å². The van der Waals surface area contributed by atoms with E-state index in [9.17, 15) is 5.11 Å². The number of aliphatic hydroxyl groups is 1. The third-order valence-corrected chi connectivity index (χ3v) is 2.32. The summed E-state index contributed by atoms with van der Waals surface area (Å²) in [6.07, 6.45) is 0. The lowest BCUT2D eigenvalue weighted by Gasteiger charge is -2.45. The quantitative estimate of drug-likeness (QED) is 0.626. The highest BCUT2D eigenvalue weighted by atomic mass is 16.3. The molecule has 0 aromatic heterocycles. The summed E-state index contributed by atoms with van der Waals surface area (Å²) >= 11 is 0. The summed E-state index contributed by atoms with van der Waals surface area (Å²) in [7, 11) is 0. The highest BCUT2D eigenvalue weighted by Crippen LogP contribution is 2.27. The van der Waals surface area contributed by atoms with Crippen molar-refractivity contribution in [3.63, 3.8) is 0 Å². The Bertz CT molecular complexity index is 297. The zero-order chi connectivity index (χ0) is 9.47. The summed E-state index contributed by atoms with van der Waals surface area (Å²) in [6, 6.07) is 7.71. The molecule has 1 aliphatic rings. The number of nitrogens with zero attached hydrogens (tertiary/aromatic N) is 1. The molecule has 3 heteroatoms. The standard InChI is InChI=1S/C10H14N2O/c1-10(13)6-12(7-10)9-4-2-8(11)3-5-9/h2-5,13H,6-7,11H2,1H3. The first kappa shape index (κ1) is 8.38. The number of hydrogen-bond donors (Lipinski definition) is 2. The normalized spacial score (nSPS) is 19.7. The molecule has 0 unspecified atom stereocenters. The summed E-state index contributed by atoms with van der Waals surface area (Å²) in [5, 5.41) is 9.53. The third-order valence-electron chi connectivity index (χ3n) is 2.32. The molecule has 3 N–H and O–H groups in total. The lowest BCUT2D eigenvalue weighted by atomic mass is 9.96. The van der Waals surface area contributed by atoms with Crippen LogP contribution in [0.2, 0.25) is 0 Å². The van der Waals surface area contributed by atoms with Crippen molar-refractivity contribution < 1.29 is 5.11 Å². The van der Waals surface area contributed by atoms with Crippen molar-refractivity contribution in [3.05, 3.63) is 24.3 Å². The topological polar surface area (TPSA) is 49.5 Å². The number of hydrogen-bond acceptors (Lipinski definition) is 3. The smallest absolute Gasteiger partial charge is 0.0967 e. The number of anilines is 2. The minimum absolute atomic E-state index is 0.513. The zero-order valence-corrected chi connectivity index (χ0v) is 7.70. The second kappa shape index (κ2) is 2.64. The summed E-state index contributed by atoms with van der Waals surface area (Å²) < 4.78 is 0. The first-order chi connectivity index (χ1) is 6.07. The van der Waals surface area contributed by atoms with Crippen LogP contribution in [-0.2, 0) is 0 Å². The van der Waals surface area contributed by atoms with Crippen LogP contribution in [0.15, 0.2) is 24.3 Å². The van der Waals surface area contributed by atoms with Gasteiger partial charge in [-0.05, 0) is 31.2 Å². The van der Waals surface area contributed by atoms with E-state index in [4.69, 9.17) is 5.73 Å². The fourth-order valence-corrected chi connectivity index (χ4v) is 1.64. The number of nitrogens with two attached hydrogens (primary N) is 1. The van der Waals surface area contributed by atoms with Crippen LogP contribution >= 0.6 is 0 Å². The molecule has 0 radical (unpaired) electrons. The summed E-state index contributed by atoms with van der Waals surface area (Å²) in [5.41, 5.74) is 6.96. The van der Waals surface area contributed by atoms with Gasteiger partial charge in [0.05, 0.1) is 5.60 Å². The van der Waals surface area contributed by atoms with Gasteiger partial charge in [0.25, 0.3) is 0 Å². The van der Waals surface area contributed by atoms with Crippen LogP contribution in [-0.4, -0.2) is 23.8 Å². The van der Waals surface area contributed by atoms with E-state index in [0.29, 0.717) is 13.1 Å². The molecule has 1 saturated heterocycles. The Labute approximate surface area is 77.8 Å². The van der Waals surface area contributed by atoms with Crippen LogP contribution in [0.3, 0.4) is 0 Å². The molecule has 1 aromatic rings. The van der Waals surface area contributed by atoms with Crippen molar-refractivity contribution in [2.75, 3.05) is 23.7 Å². The van der Waals surface area contributed by atoms with Gasteiger partial charge in [0.1, 0.15) is 0 Å². The van der Waals surface area contributed by atoms with Crippen molar-refractivity contribution in [1.29, 1.82) is 0 Å². The van der Waals surface area contributed by atoms with Gasteiger partial charge in [-0.3, -0.25) is 0 Å². The Morgan fingerprint density at radius 2 is 1.85 bits per heavy atom. The van der Waals surface area contributed by atoms with Crippen LogP contribution in [0, 0.1) is 0 Å². The first-order valence-electron chi connectivity index (χ1n) is 4.40. The predicted molar refractivity (Wildman–Crippen MR) is 53.7 cm³/mol. The molecule has 0 aliphatic carbocycles. The number of benzene rings is 1. The maximum Gasteiger partial charge on any atom is 0.0967 e. The van der Waals surface area contributed by atoms with E-state index < -0.39 is 5.60 Å².